The van der Waals surface area contributed by atoms with E-state index in [1.165, 1.54) is 0 Å². The van der Waals surface area contributed by atoms with Gasteiger partial charge < -0.3 is 10.8 Å². The molecule has 1 saturated carbocycles. The van der Waals surface area contributed by atoms with Crippen LogP contribution in [0.2, 0.25) is 0 Å². The fraction of sp³-hybridized carbons (Fsp3) is 1.00. The lowest BCUT2D eigenvalue weighted by atomic mass is 10.1. The van der Waals surface area contributed by atoms with Crippen molar-refractivity contribution in [3.05, 3.63) is 0 Å². The van der Waals surface area contributed by atoms with Crippen molar-refractivity contribution in [2.24, 2.45) is 11.7 Å². The number of nitrogens with two attached hydrogens (primary N) is 1. The molecule has 0 aromatic rings. The topological polar surface area (TPSA) is 46.2 Å². The van der Waals surface area contributed by atoms with Gasteiger partial charge in [-0.2, -0.15) is 0 Å². The molecule has 1 fully saturated rings. The molecule has 1 aliphatic carbocycles. The maximum Gasteiger partial charge on any atom is 0.115 e. The Morgan fingerprint density at radius 2 is 2.22 bits per heavy atom. The van der Waals surface area contributed by atoms with E-state index < -0.39 is 6.17 Å². The Labute approximate surface area is 53.9 Å². The van der Waals surface area contributed by atoms with Crippen LogP contribution in [0.5, 0.6) is 0 Å². The maximum atomic E-state index is 12.5. The second-order valence-corrected chi connectivity index (χ2v) is 2.70. The summed E-state index contributed by atoms with van der Waals surface area (Å²) in [7, 11) is 0. The largest absolute Gasteiger partial charge is 0.396 e. The zero-order chi connectivity index (χ0) is 6.85. The molecule has 0 amide bonds. The second-order valence-electron chi connectivity index (χ2n) is 2.70. The smallest absolute Gasteiger partial charge is 0.115 e. The van der Waals surface area contributed by atoms with Crippen molar-refractivity contribution < 1.29 is 9.50 Å². The third-order valence-corrected chi connectivity index (χ3v) is 1.89. The highest BCUT2D eigenvalue weighted by Crippen LogP contribution is 2.26. The van der Waals surface area contributed by atoms with Crippen LogP contribution in [0.1, 0.15) is 12.8 Å². The number of aliphatic hydroxyl groups excluding tert-OH is 1. The predicted octanol–water partition coefficient (Wildman–Crippen LogP) is 0.0541. The van der Waals surface area contributed by atoms with Crippen molar-refractivity contribution >= 4 is 0 Å². The van der Waals surface area contributed by atoms with Crippen molar-refractivity contribution in [1.29, 1.82) is 0 Å². The van der Waals surface area contributed by atoms with Crippen molar-refractivity contribution in [1.82, 2.24) is 0 Å². The SMILES string of the molecule is N[C@@H]1C[C@H](CO)C[C@@H]1F. The standard InChI is InChI=1S/C6H12FNO/c7-5-1-4(3-9)2-6(5)8/h4-6,9H,1-3,8H2/t4-,5+,6-/m1/s1. The molecule has 0 radical (unpaired) electrons. The first-order chi connectivity index (χ1) is 4.24. The first kappa shape index (κ1) is 6.96. The van der Waals surface area contributed by atoms with Gasteiger partial charge in [-0.15, -0.1) is 0 Å². The Morgan fingerprint density at radius 1 is 1.56 bits per heavy atom. The summed E-state index contributed by atoms with van der Waals surface area (Å²) in [6.45, 7) is 0.0775. The number of hydrogen-bond acceptors (Lipinski definition) is 2. The molecule has 3 N–H and O–H groups in total. The second kappa shape index (κ2) is 2.62. The van der Waals surface area contributed by atoms with Crippen LogP contribution in [-0.2, 0) is 0 Å². The minimum Gasteiger partial charge on any atom is -0.396 e. The first-order valence-corrected chi connectivity index (χ1v) is 3.24. The lowest BCUT2D eigenvalue weighted by molar-refractivity contribution is 0.219. The van der Waals surface area contributed by atoms with Gasteiger partial charge in [0, 0.05) is 12.6 Å². The Balaban J connectivity index is 2.35. The van der Waals surface area contributed by atoms with Crippen molar-refractivity contribution in [2.75, 3.05) is 6.61 Å². The Kier molecular flexibility index (Phi) is 2.03. The number of halogens is 1. The molecule has 0 aromatic heterocycles. The summed E-state index contributed by atoms with van der Waals surface area (Å²) in [5.74, 6) is 0.106. The number of hydrogen-bond donors (Lipinski definition) is 2. The molecule has 0 bridgehead atoms. The molecule has 1 rings (SSSR count). The van der Waals surface area contributed by atoms with E-state index in [1.54, 1.807) is 0 Å². The van der Waals surface area contributed by atoms with Gasteiger partial charge in [-0.3, -0.25) is 0 Å². The zero-order valence-electron chi connectivity index (χ0n) is 5.26. The van der Waals surface area contributed by atoms with Gasteiger partial charge in [0.15, 0.2) is 0 Å². The van der Waals surface area contributed by atoms with Gasteiger partial charge in [0.25, 0.3) is 0 Å². The highest BCUT2D eigenvalue weighted by Gasteiger charge is 2.30. The van der Waals surface area contributed by atoms with Crippen molar-refractivity contribution in [3.8, 4) is 0 Å². The molecule has 0 heterocycles. The summed E-state index contributed by atoms with van der Waals surface area (Å²) >= 11 is 0. The quantitative estimate of drug-likeness (QED) is 0.531. The van der Waals surface area contributed by atoms with Crippen LogP contribution in [0.4, 0.5) is 4.39 Å². The fourth-order valence-corrected chi connectivity index (χ4v) is 1.27. The van der Waals surface area contributed by atoms with Crippen LogP contribution >= 0.6 is 0 Å². The molecule has 54 valence electrons. The molecule has 9 heavy (non-hydrogen) atoms. The molecule has 1 aliphatic rings. The Bertz CT molecular complexity index is 89.1. The molecule has 0 spiro atoms. The Morgan fingerprint density at radius 3 is 2.44 bits per heavy atom. The third-order valence-electron chi connectivity index (χ3n) is 1.89. The first-order valence-electron chi connectivity index (χ1n) is 3.24. The number of alkyl halides is 1. The fourth-order valence-electron chi connectivity index (χ4n) is 1.27. The minimum absolute atomic E-state index is 0.0775. The van der Waals surface area contributed by atoms with Gasteiger partial charge in [0.2, 0.25) is 0 Å². The van der Waals surface area contributed by atoms with E-state index >= 15 is 0 Å². The van der Waals surface area contributed by atoms with Gasteiger partial charge in [-0.25, -0.2) is 4.39 Å². The van der Waals surface area contributed by atoms with Crippen LogP contribution in [0.25, 0.3) is 0 Å². The van der Waals surface area contributed by atoms with Crippen LogP contribution in [0.3, 0.4) is 0 Å². The molecule has 3 heteroatoms. The molecular weight excluding hydrogens is 121 g/mol. The molecule has 0 saturated heterocycles. The van der Waals surface area contributed by atoms with Crippen LogP contribution < -0.4 is 5.73 Å². The maximum absolute atomic E-state index is 12.5. The van der Waals surface area contributed by atoms with Gasteiger partial charge in [-0.1, -0.05) is 0 Å². The van der Waals surface area contributed by atoms with Gasteiger partial charge in [0.1, 0.15) is 6.17 Å². The third kappa shape index (κ3) is 1.40. The average molecular weight is 133 g/mol. The lowest BCUT2D eigenvalue weighted by Gasteiger charge is -2.01. The predicted molar refractivity (Wildman–Crippen MR) is 32.7 cm³/mol. The summed E-state index contributed by atoms with van der Waals surface area (Å²) in [4.78, 5) is 0. The average Bonchev–Trinajstić information content (AvgIpc) is 2.13. The van der Waals surface area contributed by atoms with Gasteiger partial charge in [-0.05, 0) is 18.8 Å². The van der Waals surface area contributed by atoms with Crippen LogP contribution in [0.15, 0.2) is 0 Å². The van der Waals surface area contributed by atoms with E-state index in [0.29, 0.717) is 12.8 Å². The molecule has 0 unspecified atom stereocenters. The number of aliphatic hydroxyl groups is 1. The monoisotopic (exact) mass is 133 g/mol. The highest BCUT2D eigenvalue weighted by molar-refractivity contribution is 4.85. The number of rotatable bonds is 1. The lowest BCUT2D eigenvalue weighted by Crippen LogP contribution is -2.25. The van der Waals surface area contributed by atoms with E-state index in [1.807, 2.05) is 0 Å². The molecule has 0 aromatic carbocycles. The molecule has 3 atom stereocenters. The summed E-state index contributed by atoms with van der Waals surface area (Å²) in [5, 5.41) is 8.58. The van der Waals surface area contributed by atoms with E-state index in [2.05, 4.69) is 0 Å². The van der Waals surface area contributed by atoms with Crippen LogP contribution in [-0.4, -0.2) is 23.9 Å². The molecular formula is C6H12FNO. The Hall–Kier alpha value is -0.150. The summed E-state index contributed by atoms with van der Waals surface area (Å²) in [6, 6.07) is -0.331. The van der Waals surface area contributed by atoms with E-state index in [-0.39, 0.29) is 18.6 Å². The van der Waals surface area contributed by atoms with Gasteiger partial charge in [0.05, 0.1) is 0 Å². The minimum atomic E-state index is -0.887. The summed E-state index contributed by atoms with van der Waals surface area (Å²) < 4.78 is 12.5. The van der Waals surface area contributed by atoms with Crippen LogP contribution in [0, 0.1) is 5.92 Å². The summed E-state index contributed by atoms with van der Waals surface area (Å²) in [5.41, 5.74) is 5.36. The zero-order valence-corrected chi connectivity index (χ0v) is 5.26. The van der Waals surface area contributed by atoms with E-state index in [0.717, 1.165) is 0 Å². The van der Waals surface area contributed by atoms with E-state index in [4.69, 9.17) is 10.8 Å². The summed E-state index contributed by atoms with van der Waals surface area (Å²) in [6.07, 6.45) is 0.192. The molecule has 0 aliphatic heterocycles. The van der Waals surface area contributed by atoms with Crippen molar-refractivity contribution in [3.63, 3.8) is 0 Å². The van der Waals surface area contributed by atoms with Crippen molar-refractivity contribution in [2.45, 2.75) is 25.1 Å². The van der Waals surface area contributed by atoms with Gasteiger partial charge >= 0.3 is 0 Å². The van der Waals surface area contributed by atoms with E-state index in [9.17, 15) is 4.39 Å². The highest BCUT2D eigenvalue weighted by atomic mass is 19.1. The molecule has 2 nitrogen and oxygen atoms in total. The normalized spacial score (nSPS) is 43.7.